The van der Waals surface area contributed by atoms with Gasteiger partial charge in [0.05, 0.1) is 0 Å². The fourth-order valence-electron chi connectivity index (χ4n) is 1.67. The highest BCUT2D eigenvalue weighted by Gasteiger charge is 2.17. The maximum Gasteiger partial charge on any atom is 0.340 e. The van der Waals surface area contributed by atoms with Crippen molar-refractivity contribution in [1.82, 2.24) is 9.97 Å². The van der Waals surface area contributed by atoms with Gasteiger partial charge in [0.2, 0.25) is 5.88 Å². The SMILES string of the molecule is CCc1nc(C)cc(OS(=O)(=O)c2ccc(C)cc2)n1. The quantitative estimate of drug-likeness (QED) is 0.809. The first-order chi connectivity index (χ1) is 9.40. The van der Waals surface area contributed by atoms with Crippen LogP contribution >= 0.6 is 0 Å². The van der Waals surface area contributed by atoms with Crippen LogP contribution in [-0.4, -0.2) is 18.4 Å². The lowest BCUT2D eigenvalue weighted by atomic mass is 10.2. The Labute approximate surface area is 118 Å². The molecule has 0 aliphatic rings. The number of rotatable bonds is 4. The average molecular weight is 292 g/mol. The van der Waals surface area contributed by atoms with Crippen LogP contribution in [0.15, 0.2) is 35.2 Å². The first-order valence-electron chi connectivity index (χ1n) is 6.26. The molecule has 5 nitrogen and oxygen atoms in total. The summed E-state index contributed by atoms with van der Waals surface area (Å²) < 4.78 is 29.4. The molecule has 20 heavy (non-hydrogen) atoms. The van der Waals surface area contributed by atoms with E-state index in [1.54, 1.807) is 19.1 Å². The summed E-state index contributed by atoms with van der Waals surface area (Å²) in [6, 6.07) is 7.97. The van der Waals surface area contributed by atoms with E-state index in [9.17, 15) is 8.42 Å². The van der Waals surface area contributed by atoms with Gasteiger partial charge in [-0.15, -0.1) is 0 Å². The maximum atomic E-state index is 12.1. The molecule has 0 saturated heterocycles. The predicted molar refractivity (Wildman–Crippen MR) is 75.1 cm³/mol. The Morgan fingerprint density at radius 2 is 1.75 bits per heavy atom. The van der Waals surface area contributed by atoms with Crippen LogP contribution in [0.4, 0.5) is 0 Å². The molecule has 0 fully saturated rings. The molecule has 0 atom stereocenters. The predicted octanol–water partition coefficient (Wildman–Crippen LogP) is 2.42. The summed E-state index contributed by atoms with van der Waals surface area (Å²) in [6.07, 6.45) is 0.614. The molecule has 2 aromatic rings. The zero-order valence-corrected chi connectivity index (χ0v) is 12.4. The zero-order valence-electron chi connectivity index (χ0n) is 11.6. The molecule has 1 aromatic carbocycles. The van der Waals surface area contributed by atoms with Crippen LogP contribution in [0.2, 0.25) is 0 Å². The van der Waals surface area contributed by atoms with Gasteiger partial charge < -0.3 is 4.18 Å². The number of benzene rings is 1. The van der Waals surface area contributed by atoms with E-state index in [-0.39, 0.29) is 10.8 Å². The van der Waals surface area contributed by atoms with Crippen molar-refractivity contribution in [2.24, 2.45) is 0 Å². The molecule has 0 amide bonds. The summed E-state index contributed by atoms with van der Waals surface area (Å²) in [5.74, 6) is 0.606. The average Bonchev–Trinajstić information content (AvgIpc) is 2.37. The molecule has 0 saturated carbocycles. The van der Waals surface area contributed by atoms with Gasteiger partial charge in [-0.05, 0) is 26.0 Å². The first kappa shape index (κ1) is 14.5. The van der Waals surface area contributed by atoms with Crippen LogP contribution in [0.25, 0.3) is 0 Å². The van der Waals surface area contributed by atoms with E-state index in [0.717, 1.165) is 5.56 Å². The Balaban J connectivity index is 2.33. The molecule has 0 spiro atoms. The molecule has 0 N–H and O–H groups in total. The van der Waals surface area contributed by atoms with Crippen molar-refractivity contribution in [3.05, 3.63) is 47.4 Å². The Morgan fingerprint density at radius 1 is 1.10 bits per heavy atom. The molecule has 2 rings (SSSR count). The number of hydrogen-bond donors (Lipinski definition) is 0. The lowest BCUT2D eigenvalue weighted by Gasteiger charge is -2.08. The summed E-state index contributed by atoms with van der Waals surface area (Å²) in [5, 5.41) is 0. The smallest absolute Gasteiger partial charge is 0.340 e. The molecule has 1 heterocycles. The Bertz CT molecular complexity index is 710. The second-order valence-electron chi connectivity index (χ2n) is 4.47. The molecule has 0 aliphatic carbocycles. The van der Waals surface area contributed by atoms with E-state index in [1.807, 2.05) is 13.8 Å². The molecule has 0 unspecified atom stereocenters. The largest absolute Gasteiger partial charge is 0.358 e. The van der Waals surface area contributed by atoms with Crippen molar-refractivity contribution in [1.29, 1.82) is 0 Å². The minimum Gasteiger partial charge on any atom is -0.358 e. The van der Waals surface area contributed by atoms with Crippen molar-refractivity contribution >= 4 is 10.1 Å². The summed E-state index contributed by atoms with van der Waals surface area (Å²) in [5.41, 5.74) is 1.65. The molecular formula is C14H16N2O3S. The topological polar surface area (TPSA) is 69.2 Å². The highest BCUT2D eigenvalue weighted by Crippen LogP contribution is 2.18. The lowest BCUT2D eigenvalue weighted by molar-refractivity contribution is 0.473. The van der Waals surface area contributed by atoms with Crippen LogP contribution in [0.5, 0.6) is 5.88 Å². The molecule has 0 bridgehead atoms. The van der Waals surface area contributed by atoms with E-state index < -0.39 is 10.1 Å². The van der Waals surface area contributed by atoms with Gasteiger partial charge in [-0.1, -0.05) is 24.6 Å². The Morgan fingerprint density at radius 3 is 2.35 bits per heavy atom. The van der Waals surface area contributed by atoms with Gasteiger partial charge >= 0.3 is 10.1 Å². The van der Waals surface area contributed by atoms with E-state index in [1.165, 1.54) is 18.2 Å². The number of nitrogens with zero attached hydrogens (tertiary/aromatic N) is 2. The van der Waals surface area contributed by atoms with Crippen molar-refractivity contribution in [2.45, 2.75) is 32.1 Å². The van der Waals surface area contributed by atoms with E-state index in [0.29, 0.717) is 17.9 Å². The van der Waals surface area contributed by atoms with Crippen LogP contribution in [0.3, 0.4) is 0 Å². The summed E-state index contributed by atoms with van der Waals surface area (Å²) in [4.78, 5) is 8.36. The first-order valence-corrected chi connectivity index (χ1v) is 7.67. The van der Waals surface area contributed by atoms with Crippen molar-refractivity contribution in [3.8, 4) is 5.88 Å². The number of hydrogen-bond acceptors (Lipinski definition) is 5. The molecule has 6 heteroatoms. The molecule has 0 radical (unpaired) electrons. The van der Waals surface area contributed by atoms with Gasteiger partial charge in [-0.2, -0.15) is 13.4 Å². The fraction of sp³-hybridized carbons (Fsp3) is 0.286. The van der Waals surface area contributed by atoms with Crippen LogP contribution < -0.4 is 4.18 Å². The van der Waals surface area contributed by atoms with Gasteiger partial charge in [0, 0.05) is 18.2 Å². The van der Waals surface area contributed by atoms with Crippen molar-refractivity contribution < 1.29 is 12.6 Å². The zero-order chi connectivity index (χ0) is 14.8. The lowest BCUT2D eigenvalue weighted by Crippen LogP contribution is -2.12. The second-order valence-corrected chi connectivity index (χ2v) is 6.01. The number of aromatic nitrogens is 2. The standard InChI is InChI=1S/C14H16N2O3S/c1-4-13-15-11(3)9-14(16-13)19-20(17,18)12-7-5-10(2)6-8-12/h5-9H,4H2,1-3H3. The summed E-state index contributed by atoms with van der Waals surface area (Å²) >= 11 is 0. The molecule has 106 valence electrons. The van der Waals surface area contributed by atoms with Gasteiger partial charge in [0.25, 0.3) is 0 Å². The van der Waals surface area contributed by atoms with Crippen molar-refractivity contribution in [3.63, 3.8) is 0 Å². The van der Waals surface area contributed by atoms with Crippen LogP contribution in [-0.2, 0) is 16.5 Å². The molecule has 0 aliphatic heterocycles. The van der Waals surface area contributed by atoms with Crippen LogP contribution in [0, 0.1) is 13.8 Å². The van der Waals surface area contributed by atoms with Crippen LogP contribution in [0.1, 0.15) is 24.0 Å². The Hall–Kier alpha value is -1.95. The van der Waals surface area contributed by atoms with Gasteiger partial charge in [0.1, 0.15) is 10.7 Å². The Kier molecular flexibility index (Phi) is 4.04. The third-order valence-corrected chi connectivity index (χ3v) is 3.94. The van der Waals surface area contributed by atoms with E-state index >= 15 is 0 Å². The van der Waals surface area contributed by atoms with Gasteiger partial charge in [-0.25, -0.2) is 4.98 Å². The minimum absolute atomic E-state index is 0.0509. The number of aryl methyl sites for hydroxylation is 3. The molecular weight excluding hydrogens is 276 g/mol. The van der Waals surface area contributed by atoms with E-state index in [2.05, 4.69) is 9.97 Å². The highest BCUT2D eigenvalue weighted by molar-refractivity contribution is 7.87. The normalized spacial score (nSPS) is 11.3. The maximum absolute atomic E-state index is 12.1. The second kappa shape index (κ2) is 5.58. The van der Waals surface area contributed by atoms with Gasteiger partial charge in [-0.3, -0.25) is 0 Å². The monoisotopic (exact) mass is 292 g/mol. The fourth-order valence-corrected chi connectivity index (χ4v) is 2.54. The third kappa shape index (κ3) is 3.33. The van der Waals surface area contributed by atoms with Gasteiger partial charge in [0.15, 0.2) is 0 Å². The van der Waals surface area contributed by atoms with Crippen molar-refractivity contribution in [2.75, 3.05) is 0 Å². The summed E-state index contributed by atoms with van der Waals surface area (Å²) in [6.45, 7) is 5.55. The van der Waals surface area contributed by atoms with E-state index in [4.69, 9.17) is 4.18 Å². The summed E-state index contributed by atoms with van der Waals surface area (Å²) in [7, 11) is -3.86. The third-order valence-electron chi connectivity index (χ3n) is 2.70. The highest BCUT2D eigenvalue weighted by atomic mass is 32.2. The minimum atomic E-state index is -3.86. The molecule has 1 aromatic heterocycles.